The van der Waals surface area contributed by atoms with Crippen molar-refractivity contribution in [3.8, 4) is 5.75 Å². The molecule has 2 rings (SSSR count). The van der Waals surface area contributed by atoms with E-state index in [2.05, 4.69) is 0 Å². The van der Waals surface area contributed by atoms with Crippen molar-refractivity contribution in [1.29, 1.82) is 0 Å². The van der Waals surface area contributed by atoms with Crippen LogP contribution < -0.4 is 4.74 Å². The van der Waals surface area contributed by atoms with Gasteiger partial charge in [-0.2, -0.15) is 0 Å². The molecule has 0 radical (unpaired) electrons. The highest BCUT2D eigenvalue weighted by molar-refractivity contribution is 5.59. The van der Waals surface area contributed by atoms with Crippen LogP contribution in [-0.2, 0) is 4.74 Å². The summed E-state index contributed by atoms with van der Waals surface area (Å²) in [7, 11) is 0. The summed E-state index contributed by atoms with van der Waals surface area (Å²) in [5.41, 5.74) is 0.910. The first-order valence-electron chi connectivity index (χ1n) is 5.16. The second-order valence-corrected chi connectivity index (χ2v) is 4.61. The molecule has 0 bridgehead atoms. The van der Waals surface area contributed by atoms with Crippen molar-refractivity contribution < 1.29 is 9.47 Å². The standard InChI is InChI=1S/C13H16O2/c1-13(2,3)15-12-9-8-10-6-4-5-7-11(10)14-12/h4-9,12H,1-3H3. The lowest BCUT2D eigenvalue weighted by atomic mass is 10.1. The molecule has 0 saturated heterocycles. The highest BCUT2D eigenvalue weighted by Gasteiger charge is 2.20. The molecule has 1 aliphatic rings. The molecule has 1 aromatic rings. The molecule has 1 heterocycles. The Morgan fingerprint density at radius 1 is 1.20 bits per heavy atom. The van der Waals surface area contributed by atoms with Gasteiger partial charge < -0.3 is 9.47 Å². The Morgan fingerprint density at radius 3 is 2.67 bits per heavy atom. The average molecular weight is 204 g/mol. The Bertz CT molecular complexity index is 374. The van der Waals surface area contributed by atoms with Crippen molar-refractivity contribution in [3.63, 3.8) is 0 Å². The molecule has 80 valence electrons. The van der Waals surface area contributed by atoms with Crippen LogP contribution in [0.25, 0.3) is 6.08 Å². The van der Waals surface area contributed by atoms with Crippen LogP contribution in [0, 0.1) is 0 Å². The average Bonchev–Trinajstić information content (AvgIpc) is 2.15. The maximum Gasteiger partial charge on any atom is 0.220 e. The van der Waals surface area contributed by atoms with Crippen LogP contribution in [0.5, 0.6) is 5.75 Å². The summed E-state index contributed by atoms with van der Waals surface area (Å²) < 4.78 is 11.4. The van der Waals surface area contributed by atoms with Crippen LogP contribution in [0.1, 0.15) is 26.3 Å². The third-order valence-electron chi connectivity index (χ3n) is 2.06. The highest BCUT2D eigenvalue weighted by atomic mass is 16.7. The summed E-state index contributed by atoms with van der Waals surface area (Å²) in [5, 5.41) is 0. The fraction of sp³-hybridized carbons (Fsp3) is 0.385. The zero-order valence-electron chi connectivity index (χ0n) is 9.36. The van der Waals surface area contributed by atoms with E-state index in [1.54, 1.807) is 0 Å². The molecule has 15 heavy (non-hydrogen) atoms. The predicted molar refractivity (Wildman–Crippen MR) is 60.7 cm³/mol. The van der Waals surface area contributed by atoms with Gasteiger partial charge in [0, 0.05) is 5.56 Å². The Labute approximate surface area is 90.5 Å². The number of rotatable bonds is 1. The molecule has 1 unspecified atom stereocenters. The number of hydrogen-bond donors (Lipinski definition) is 0. The van der Waals surface area contributed by atoms with E-state index in [9.17, 15) is 0 Å². The molecule has 1 atom stereocenters. The van der Waals surface area contributed by atoms with E-state index in [0.29, 0.717) is 0 Å². The summed E-state index contributed by atoms with van der Waals surface area (Å²) in [4.78, 5) is 0. The van der Waals surface area contributed by atoms with Crippen molar-refractivity contribution in [2.24, 2.45) is 0 Å². The van der Waals surface area contributed by atoms with Gasteiger partial charge >= 0.3 is 0 Å². The Balaban J connectivity index is 2.13. The maximum absolute atomic E-state index is 5.73. The molecular formula is C13H16O2. The van der Waals surface area contributed by atoms with E-state index in [1.807, 2.05) is 57.2 Å². The molecule has 0 fully saturated rings. The van der Waals surface area contributed by atoms with Gasteiger partial charge in [0.1, 0.15) is 5.75 Å². The van der Waals surface area contributed by atoms with Crippen molar-refractivity contribution >= 4 is 6.08 Å². The van der Waals surface area contributed by atoms with Crippen LogP contribution in [-0.4, -0.2) is 11.9 Å². The summed E-state index contributed by atoms with van der Waals surface area (Å²) in [5.74, 6) is 0.884. The molecule has 0 aromatic heterocycles. The summed E-state index contributed by atoms with van der Waals surface area (Å²) in [6, 6.07) is 7.95. The number of fused-ring (bicyclic) bond motifs is 1. The quantitative estimate of drug-likeness (QED) is 0.699. The maximum atomic E-state index is 5.73. The predicted octanol–water partition coefficient (Wildman–Crippen LogP) is 3.23. The molecule has 0 saturated carbocycles. The van der Waals surface area contributed by atoms with Crippen LogP contribution in [0.3, 0.4) is 0 Å². The zero-order valence-corrected chi connectivity index (χ0v) is 9.36. The Kier molecular flexibility index (Phi) is 2.53. The minimum Gasteiger partial charge on any atom is -0.461 e. The fourth-order valence-corrected chi connectivity index (χ4v) is 1.48. The minimum atomic E-state index is -0.278. The van der Waals surface area contributed by atoms with E-state index >= 15 is 0 Å². The van der Waals surface area contributed by atoms with Crippen LogP contribution in [0.4, 0.5) is 0 Å². The highest BCUT2D eigenvalue weighted by Crippen LogP contribution is 2.27. The second-order valence-electron chi connectivity index (χ2n) is 4.61. The van der Waals surface area contributed by atoms with Crippen molar-refractivity contribution in [1.82, 2.24) is 0 Å². The van der Waals surface area contributed by atoms with Crippen LogP contribution in [0.2, 0.25) is 0 Å². The topological polar surface area (TPSA) is 18.5 Å². The molecule has 2 nitrogen and oxygen atoms in total. The van der Waals surface area contributed by atoms with Gasteiger partial charge in [0.25, 0.3) is 0 Å². The lowest BCUT2D eigenvalue weighted by Gasteiger charge is -2.28. The van der Waals surface area contributed by atoms with Gasteiger partial charge in [0.15, 0.2) is 0 Å². The first-order chi connectivity index (χ1) is 7.04. The minimum absolute atomic E-state index is 0.193. The number of para-hydroxylation sites is 1. The van der Waals surface area contributed by atoms with Gasteiger partial charge in [-0.05, 0) is 39.0 Å². The molecule has 2 heteroatoms. The smallest absolute Gasteiger partial charge is 0.220 e. The first-order valence-corrected chi connectivity index (χ1v) is 5.16. The molecule has 0 aliphatic carbocycles. The normalized spacial score (nSPS) is 19.5. The Morgan fingerprint density at radius 2 is 1.93 bits per heavy atom. The van der Waals surface area contributed by atoms with Gasteiger partial charge in [-0.3, -0.25) is 0 Å². The summed E-state index contributed by atoms with van der Waals surface area (Å²) in [6.07, 6.45) is 3.70. The van der Waals surface area contributed by atoms with Gasteiger partial charge in [0.05, 0.1) is 5.60 Å². The monoisotopic (exact) mass is 204 g/mol. The molecule has 0 spiro atoms. The zero-order chi connectivity index (χ0) is 10.9. The van der Waals surface area contributed by atoms with E-state index < -0.39 is 0 Å². The van der Waals surface area contributed by atoms with Gasteiger partial charge in [-0.25, -0.2) is 0 Å². The second kappa shape index (κ2) is 3.70. The van der Waals surface area contributed by atoms with Crippen LogP contribution >= 0.6 is 0 Å². The summed E-state index contributed by atoms with van der Waals surface area (Å²) in [6.45, 7) is 6.06. The Hall–Kier alpha value is -1.28. The molecule has 0 amide bonds. The van der Waals surface area contributed by atoms with Crippen LogP contribution in [0.15, 0.2) is 30.3 Å². The van der Waals surface area contributed by atoms with E-state index in [-0.39, 0.29) is 11.9 Å². The number of hydrogen-bond acceptors (Lipinski definition) is 2. The first kappa shape index (κ1) is 10.2. The van der Waals surface area contributed by atoms with E-state index in [4.69, 9.17) is 9.47 Å². The molecular weight excluding hydrogens is 188 g/mol. The third kappa shape index (κ3) is 2.60. The fourth-order valence-electron chi connectivity index (χ4n) is 1.48. The number of benzene rings is 1. The van der Waals surface area contributed by atoms with Crippen molar-refractivity contribution in [2.45, 2.75) is 32.7 Å². The van der Waals surface area contributed by atoms with Gasteiger partial charge in [-0.15, -0.1) is 0 Å². The van der Waals surface area contributed by atoms with Gasteiger partial charge in [-0.1, -0.05) is 18.2 Å². The lowest BCUT2D eigenvalue weighted by molar-refractivity contribution is -0.124. The molecule has 0 N–H and O–H groups in total. The van der Waals surface area contributed by atoms with Crippen molar-refractivity contribution in [2.75, 3.05) is 0 Å². The largest absolute Gasteiger partial charge is 0.461 e. The van der Waals surface area contributed by atoms with E-state index in [0.717, 1.165) is 11.3 Å². The lowest BCUT2D eigenvalue weighted by Crippen LogP contribution is -2.31. The van der Waals surface area contributed by atoms with Crippen molar-refractivity contribution in [3.05, 3.63) is 35.9 Å². The SMILES string of the molecule is CC(C)(C)OC1C=Cc2ccccc2O1. The van der Waals surface area contributed by atoms with Gasteiger partial charge in [0.2, 0.25) is 6.29 Å². The molecule has 1 aromatic carbocycles. The number of ether oxygens (including phenoxy) is 2. The third-order valence-corrected chi connectivity index (χ3v) is 2.06. The molecule has 1 aliphatic heterocycles. The van der Waals surface area contributed by atoms with E-state index in [1.165, 1.54) is 0 Å². The summed E-state index contributed by atoms with van der Waals surface area (Å²) >= 11 is 0.